The van der Waals surface area contributed by atoms with Crippen molar-refractivity contribution < 1.29 is 17.9 Å². The standard InChI is InChI=1S/C18H22N2O4S2/c1-3-12-5-8-14(9-6-12)26(22,23)20-18-19-15-10-7-13(11-16(15)25-18)17(21)24-4-2/h5-6,8-9,13H,3-4,7,10-11H2,1-2H3,(H,19,20). The van der Waals surface area contributed by atoms with Crippen molar-refractivity contribution in [3.05, 3.63) is 40.4 Å². The van der Waals surface area contributed by atoms with E-state index in [4.69, 9.17) is 4.74 Å². The normalized spacial score (nSPS) is 16.8. The van der Waals surface area contributed by atoms with Crippen molar-refractivity contribution in [3.63, 3.8) is 0 Å². The second-order valence-corrected chi connectivity index (χ2v) is 8.95. The van der Waals surface area contributed by atoms with Gasteiger partial charge in [-0.3, -0.25) is 9.52 Å². The van der Waals surface area contributed by atoms with Gasteiger partial charge in [0.05, 0.1) is 23.1 Å². The van der Waals surface area contributed by atoms with Crippen LogP contribution in [0.1, 0.15) is 36.4 Å². The van der Waals surface area contributed by atoms with Crippen molar-refractivity contribution in [2.75, 3.05) is 11.3 Å². The second kappa shape index (κ2) is 7.75. The zero-order chi connectivity index (χ0) is 18.7. The van der Waals surface area contributed by atoms with Crippen LogP contribution in [0, 0.1) is 5.92 Å². The van der Waals surface area contributed by atoms with Gasteiger partial charge < -0.3 is 4.74 Å². The first-order chi connectivity index (χ1) is 12.4. The number of carbonyl (C=O) groups is 1. The number of carbonyl (C=O) groups excluding carboxylic acids is 1. The minimum Gasteiger partial charge on any atom is -0.466 e. The highest BCUT2D eigenvalue weighted by Crippen LogP contribution is 2.33. The average molecular weight is 395 g/mol. The smallest absolute Gasteiger partial charge is 0.309 e. The molecule has 0 aliphatic heterocycles. The molecule has 8 heteroatoms. The number of ether oxygens (including phenoxy) is 1. The van der Waals surface area contributed by atoms with Crippen molar-refractivity contribution in [2.45, 2.75) is 44.4 Å². The quantitative estimate of drug-likeness (QED) is 0.761. The summed E-state index contributed by atoms with van der Waals surface area (Å²) < 4.78 is 32.8. The molecule has 1 atom stereocenters. The summed E-state index contributed by atoms with van der Waals surface area (Å²) in [7, 11) is -3.67. The molecule has 0 saturated carbocycles. The summed E-state index contributed by atoms with van der Waals surface area (Å²) in [5.41, 5.74) is 1.95. The van der Waals surface area contributed by atoms with Gasteiger partial charge >= 0.3 is 5.97 Å². The van der Waals surface area contributed by atoms with E-state index >= 15 is 0 Å². The topological polar surface area (TPSA) is 85.4 Å². The van der Waals surface area contributed by atoms with Gasteiger partial charge in [0, 0.05) is 4.88 Å². The minimum atomic E-state index is -3.67. The molecule has 26 heavy (non-hydrogen) atoms. The van der Waals surface area contributed by atoms with Crippen LogP contribution in [-0.4, -0.2) is 26.0 Å². The van der Waals surface area contributed by atoms with Crippen LogP contribution < -0.4 is 4.72 Å². The first-order valence-electron chi connectivity index (χ1n) is 8.70. The number of aryl methyl sites for hydroxylation is 2. The molecular weight excluding hydrogens is 372 g/mol. The summed E-state index contributed by atoms with van der Waals surface area (Å²) in [6, 6.07) is 6.83. The number of nitrogens with zero attached hydrogens (tertiary/aromatic N) is 1. The molecule has 1 N–H and O–H groups in total. The van der Waals surface area contributed by atoms with Crippen LogP contribution in [0.4, 0.5) is 5.13 Å². The number of hydrogen-bond acceptors (Lipinski definition) is 6. The summed E-state index contributed by atoms with van der Waals surface area (Å²) >= 11 is 1.29. The predicted molar refractivity (Wildman–Crippen MR) is 101 cm³/mol. The molecule has 3 rings (SSSR count). The van der Waals surface area contributed by atoms with Crippen molar-refractivity contribution in [1.82, 2.24) is 4.98 Å². The summed E-state index contributed by atoms with van der Waals surface area (Å²) in [6.07, 6.45) is 2.75. The van der Waals surface area contributed by atoms with Gasteiger partial charge in [-0.15, -0.1) is 11.3 Å². The van der Waals surface area contributed by atoms with E-state index in [1.807, 2.05) is 19.1 Å². The minimum absolute atomic E-state index is 0.172. The number of fused-ring (bicyclic) bond motifs is 1. The Kier molecular flexibility index (Phi) is 5.62. The van der Waals surface area contributed by atoms with Crippen LogP contribution in [0.2, 0.25) is 0 Å². The van der Waals surface area contributed by atoms with E-state index < -0.39 is 10.0 Å². The van der Waals surface area contributed by atoms with Gasteiger partial charge in [-0.25, -0.2) is 13.4 Å². The number of benzene rings is 1. The number of sulfonamides is 1. The Labute approximate surface area is 157 Å². The van der Waals surface area contributed by atoms with E-state index in [0.717, 1.165) is 22.6 Å². The maximum absolute atomic E-state index is 12.6. The first kappa shape index (κ1) is 18.8. The second-order valence-electron chi connectivity index (χ2n) is 6.18. The Morgan fingerprint density at radius 2 is 2.04 bits per heavy atom. The van der Waals surface area contributed by atoms with Crippen molar-refractivity contribution >= 4 is 32.5 Å². The molecule has 0 saturated heterocycles. The van der Waals surface area contributed by atoms with Crippen molar-refractivity contribution in [3.8, 4) is 0 Å². The monoisotopic (exact) mass is 394 g/mol. The summed E-state index contributed by atoms with van der Waals surface area (Å²) in [5.74, 6) is -0.362. The Bertz CT molecular complexity index is 888. The van der Waals surface area contributed by atoms with Gasteiger partial charge in [-0.2, -0.15) is 0 Å². The van der Waals surface area contributed by atoms with Crippen LogP contribution in [0.25, 0.3) is 0 Å². The summed E-state index contributed by atoms with van der Waals surface area (Å²) in [5, 5.41) is 0.346. The Morgan fingerprint density at radius 3 is 2.69 bits per heavy atom. The van der Waals surface area contributed by atoms with Gasteiger partial charge in [-0.05, 0) is 50.3 Å². The maximum atomic E-state index is 12.6. The maximum Gasteiger partial charge on any atom is 0.309 e. The molecule has 1 aromatic heterocycles. The molecule has 1 aliphatic carbocycles. The lowest BCUT2D eigenvalue weighted by Gasteiger charge is -2.18. The number of hydrogen-bond donors (Lipinski definition) is 1. The number of thiazole rings is 1. The molecule has 0 spiro atoms. The number of nitrogens with one attached hydrogen (secondary N) is 1. The highest BCUT2D eigenvalue weighted by Gasteiger charge is 2.29. The fraction of sp³-hybridized carbons (Fsp3) is 0.444. The van der Waals surface area contributed by atoms with E-state index in [9.17, 15) is 13.2 Å². The summed E-state index contributed by atoms with van der Waals surface area (Å²) in [4.78, 5) is 17.5. The first-order valence-corrected chi connectivity index (χ1v) is 11.0. The molecule has 0 bridgehead atoms. The Hall–Kier alpha value is -1.93. The third kappa shape index (κ3) is 4.07. The van der Waals surface area contributed by atoms with E-state index in [1.54, 1.807) is 19.1 Å². The highest BCUT2D eigenvalue weighted by molar-refractivity contribution is 7.93. The van der Waals surface area contributed by atoms with Crippen LogP contribution in [0.3, 0.4) is 0 Å². The predicted octanol–water partition coefficient (Wildman–Crippen LogP) is 3.17. The molecule has 1 aromatic carbocycles. The van der Waals surface area contributed by atoms with Crippen molar-refractivity contribution in [2.24, 2.45) is 5.92 Å². The molecule has 140 valence electrons. The zero-order valence-electron chi connectivity index (χ0n) is 14.8. The molecule has 1 unspecified atom stereocenters. The third-order valence-corrected chi connectivity index (χ3v) is 6.94. The van der Waals surface area contributed by atoms with Crippen LogP contribution >= 0.6 is 11.3 Å². The zero-order valence-corrected chi connectivity index (χ0v) is 16.5. The number of esters is 1. The van der Waals surface area contributed by atoms with Gasteiger partial charge in [0.2, 0.25) is 0 Å². The van der Waals surface area contributed by atoms with Gasteiger partial charge in [-0.1, -0.05) is 19.1 Å². The van der Waals surface area contributed by atoms with Crippen LogP contribution in [0.5, 0.6) is 0 Å². The molecule has 0 radical (unpaired) electrons. The van der Waals surface area contributed by atoms with E-state index in [2.05, 4.69) is 9.71 Å². The molecule has 1 heterocycles. The third-order valence-electron chi connectivity index (χ3n) is 4.42. The molecule has 0 fully saturated rings. The Morgan fingerprint density at radius 1 is 1.31 bits per heavy atom. The lowest BCUT2D eigenvalue weighted by Crippen LogP contribution is -2.24. The average Bonchev–Trinajstić information content (AvgIpc) is 3.02. The van der Waals surface area contributed by atoms with Crippen molar-refractivity contribution in [1.29, 1.82) is 0 Å². The van der Waals surface area contributed by atoms with E-state index in [1.165, 1.54) is 11.3 Å². The Balaban J connectivity index is 1.74. The number of anilines is 1. The molecule has 6 nitrogen and oxygen atoms in total. The fourth-order valence-corrected chi connectivity index (χ4v) is 5.28. The number of aromatic nitrogens is 1. The largest absolute Gasteiger partial charge is 0.466 e. The van der Waals surface area contributed by atoms with Crippen LogP contribution in [0.15, 0.2) is 29.2 Å². The SMILES string of the molecule is CCOC(=O)C1CCc2nc(NS(=O)(=O)c3ccc(CC)cc3)sc2C1. The van der Waals surface area contributed by atoms with Gasteiger partial charge in [0.15, 0.2) is 5.13 Å². The van der Waals surface area contributed by atoms with Gasteiger partial charge in [0.1, 0.15) is 0 Å². The number of rotatable bonds is 6. The van der Waals surface area contributed by atoms with E-state index in [0.29, 0.717) is 31.0 Å². The van der Waals surface area contributed by atoms with E-state index in [-0.39, 0.29) is 16.8 Å². The fourth-order valence-electron chi connectivity index (χ4n) is 2.96. The highest BCUT2D eigenvalue weighted by atomic mass is 32.2. The molecular formula is C18H22N2O4S2. The van der Waals surface area contributed by atoms with Gasteiger partial charge in [0.25, 0.3) is 10.0 Å². The lowest BCUT2D eigenvalue weighted by atomic mass is 9.91. The molecule has 1 aliphatic rings. The lowest BCUT2D eigenvalue weighted by molar-refractivity contribution is -0.148. The van der Waals surface area contributed by atoms with Crippen LogP contribution in [-0.2, 0) is 38.8 Å². The molecule has 0 amide bonds. The molecule has 2 aromatic rings. The summed E-state index contributed by atoms with van der Waals surface area (Å²) in [6.45, 7) is 4.18.